The molecule has 0 aliphatic rings. The summed E-state index contributed by atoms with van der Waals surface area (Å²) < 4.78 is 5.32. The fourth-order valence-corrected chi connectivity index (χ4v) is 1.96. The Hall–Kier alpha value is -2.08. The second kappa shape index (κ2) is 7.26. The van der Waals surface area contributed by atoms with Gasteiger partial charge in [0.1, 0.15) is 5.60 Å². The number of carbonyl (C=O) groups is 1. The summed E-state index contributed by atoms with van der Waals surface area (Å²) in [5.41, 5.74) is 6.73. The summed E-state index contributed by atoms with van der Waals surface area (Å²) in [6.45, 7) is 7.75. The minimum atomic E-state index is -0.482. The highest BCUT2D eigenvalue weighted by Gasteiger charge is 2.20. The van der Waals surface area contributed by atoms with Crippen LogP contribution in [0.1, 0.15) is 44.9 Å². The average molecular weight is 307 g/mol. The van der Waals surface area contributed by atoms with E-state index < -0.39 is 5.60 Å². The number of nitrogens with zero attached hydrogens (tertiary/aromatic N) is 2. The Kier molecular flexibility index (Phi) is 5.93. The summed E-state index contributed by atoms with van der Waals surface area (Å²) in [7, 11) is 1.87. The minimum Gasteiger partial charge on any atom is -0.459 e. The molecular formula is C16H25N3O3. The molecule has 1 atom stereocenters. The number of nitrogens with two attached hydrogens (primary N) is 1. The third-order valence-electron chi connectivity index (χ3n) is 3.26. The van der Waals surface area contributed by atoms with Gasteiger partial charge in [-0.25, -0.2) is 0 Å². The molecule has 122 valence electrons. The minimum absolute atomic E-state index is 0.0360. The van der Waals surface area contributed by atoms with Crippen LogP contribution in [-0.2, 0) is 9.53 Å². The molecular weight excluding hydrogens is 282 g/mol. The van der Waals surface area contributed by atoms with Crippen molar-refractivity contribution in [3.05, 3.63) is 35.4 Å². The fourth-order valence-electron chi connectivity index (χ4n) is 1.96. The van der Waals surface area contributed by atoms with E-state index >= 15 is 0 Å². The van der Waals surface area contributed by atoms with Crippen LogP contribution in [0.25, 0.3) is 0 Å². The van der Waals surface area contributed by atoms with Crippen molar-refractivity contribution in [3.63, 3.8) is 0 Å². The molecule has 6 nitrogen and oxygen atoms in total. The number of benzene rings is 1. The molecule has 0 aromatic heterocycles. The van der Waals surface area contributed by atoms with Gasteiger partial charge in [0.2, 0.25) is 0 Å². The zero-order chi connectivity index (χ0) is 16.9. The second-order valence-corrected chi connectivity index (χ2v) is 6.28. The van der Waals surface area contributed by atoms with Crippen molar-refractivity contribution in [3.8, 4) is 0 Å². The van der Waals surface area contributed by atoms with Gasteiger partial charge in [0.15, 0.2) is 5.84 Å². The molecule has 0 saturated heterocycles. The normalized spacial score (nSPS) is 14.0. The van der Waals surface area contributed by atoms with Gasteiger partial charge in [0.05, 0.1) is 6.54 Å². The Balaban J connectivity index is 2.70. The highest BCUT2D eigenvalue weighted by Crippen LogP contribution is 2.19. The summed E-state index contributed by atoms with van der Waals surface area (Å²) >= 11 is 0. The molecule has 0 fully saturated rings. The number of carbonyl (C=O) groups excluding carboxylic acids is 1. The molecule has 1 aromatic carbocycles. The molecule has 0 unspecified atom stereocenters. The van der Waals surface area contributed by atoms with E-state index in [-0.39, 0.29) is 24.4 Å². The number of likely N-dealkylation sites (N-methyl/N-ethyl adjacent to an activating group) is 1. The maximum Gasteiger partial charge on any atom is 0.320 e. The largest absolute Gasteiger partial charge is 0.459 e. The summed E-state index contributed by atoms with van der Waals surface area (Å²) in [4.78, 5) is 13.8. The van der Waals surface area contributed by atoms with E-state index in [0.717, 1.165) is 5.56 Å². The number of oxime groups is 1. The highest BCUT2D eigenvalue weighted by atomic mass is 16.6. The highest BCUT2D eigenvalue weighted by molar-refractivity contribution is 5.96. The molecule has 0 bridgehead atoms. The molecule has 0 radical (unpaired) electrons. The van der Waals surface area contributed by atoms with Gasteiger partial charge >= 0.3 is 5.97 Å². The van der Waals surface area contributed by atoms with Crippen LogP contribution in [0.5, 0.6) is 0 Å². The Bertz CT molecular complexity index is 533. The van der Waals surface area contributed by atoms with Gasteiger partial charge in [0.25, 0.3) is 0 Å². The van der Waals surface area contributed by atoms with Gasteiger partial charge in [-0.3, -0.25) is 9.69 Å². The van der Waals surface area contributed by atoms with Crippen molar-refractivity contribution in [1.82, 2.24) is 4.90 Å². The molecule has 0 spiro atoms. The first-order valence-electron chi connectivity index (χ1n) is 7.14. The number of esters is 1. The molecule has 0 aliphatic carbocycles. The van der Waals surface area contributed by atoms with E-state index in [2.05, 4.69) is 5.16 Å². The lowest BCUT2D eigenvalue weighted by Gasteiger charge is -2.26. The SMILES string of the molecule is C[C@@H](c1ccc(/C(N)=N\O)cc1)N(C)CC(=O)OC(C)(C)C. The Morgan fingerprint density at radius 3 is 2.36 bits per heavy atom. The van der Waals surface area contributed by atoms with Gasteiger partial charge < -0.3 is 15.7 Å². The quantitative estimate of drug-likeness (QED) is 0.286. The lowest BCUT2D eigenvalue weighted by atomic mass is 10.0. The molecule has 1 rings (SSSR count). The first-order chi connectivity index (χ1) is 10.1. The molecule has 1 aromatic rings. The Morgan fingerprint density at radius 1 is 1.36 bits per heavy atom. The van der Waals surface area contributed by atoms with Crippen molar-refractivity contribution in [1.29, 1.82) is 0 Å². The van der Waals surface area contributed by atoms with Crippen molar-refractivity contribution in [2.45, 2.75) is 39.3 Å². The predicted molar refractivity (Wildman–Crippen MR) is 85.8 cm³/mol. The third kappa shape index (κ3) is 5.37. The van der Waals surface area contributed by atoms with Crippen LogP contribution in [-0.4, -0.2) is 41.1 Å². The number of rotatable bonds is 5. The Morgan fingerprint density at radius 2 is 1.91 bits per heavy atom. The van der Waals surface area contributed by atoms with Crippen LogP contribution in [0.15, 0.2) is 29.4 Å². The van der Waals surface area contributed by atoms with Crippen LogP contribution in [0.3, 0.4) is 0 Å². The Labute approximate surface area is 131 Å². The van der Waals surface area contributed by atoms with E-state index in [9.17, 15) is 4.79 Å². The summed E-state index contributed by atoms with van der Waals surface area (Å²) in [6.07, 6.45) is 0. The number of ether oxygens (including phenoxy) is 1. The van der Waals surface area contributed by atoms with E-state index in [0.29, 0.717) is 5.56 Å². The third-order valence-corrected chi connectivity index (χ3v) is 3.26. The fraction of sp³-hybridized carbons (Fsp3) is 0.500. The number of amidine groups is 1. The summed E-state index contributed by atoms with van der Waals surface area (Å²) in [5, 5.41) is 11.6. The van der Waals surface area contributed by atoms with E-state index in [4.69, 9.17) is 15.7 Å². The maximum absolute atomic E-state index is 11.9. The van der Waals surface area contributed by atoms with Crippen LogP contribution in [0.4, 0.5) is 0 Å². The molecule has 3 N–H and O–H groups in total. The summed E-state index contributed by atoms with van der Waals surface area (Å²) in [5.74, 6) is -0.184. The van der Waals surface area contributed by atoms with Gasteiger partial charge in [-0.05, 0) is 40.3 Å². The zero-order valence-electron chi connectivity index (χ0n) is 13.8. The topological polar surface area (TPSA) is 88.2 Å². The zero-order valence-corrected chi connectivity index (χ0v) is 13.8. The lowest BCUT2D eigenvalue weighted by molar-refractivity contribution is -0.156. The average Bonchev–Trinajstić information content (AvgIpc) is 2.43. The van der Waals surface area contributed by atoms with Crippen LogP contribution in [0.2, 0.25) is 0 Å². The first kappa shape index (κ1) is 18.0. The molecule has 22 heavy (non-hydrogen) atoms. The van der Waals surface area contributed by atoms with Gasteiger partial charge in [-0.1, -0.05) is 29.4 Å². The van der Waals surface area contributed by atoms with Gasteiger partial charge in [-0.15, -0.1) is 0 Å². The molecule has 0 saturated carbocycles. The molecule has 0 aliphatic heterocycles. The molecule has 0 amide bonds. The van der Waals surface area contributed by atoms with Gasteiger partial charge in [0, 0.05) is 11.6 Å². The lowest BCUT2D eigenvalue weighted by Crippen LogP contribution is -2.34. The summed E-state index contributed by atoms with van der Waals surface area (Å²) in [6, 6.07) is 7.38. The van der Waals surface area contributed by atoms with Crippen molar-refractivity contribution >= 4 is 11.8 Å². The standard InChI is InChI=1S/C16H25N3O3/c1-11(19(5)10-14(20)22-16(2,3)4)12-6-8-13(9-7-12)15(17)18-21/h6-9,11,21H,10H2,1-5H3,(H2,17,18)/t11-/m0/s1. The van der Waals surface area contributed by atoms with Crippen LogP contribution < -0.4 is 5.73 Å². The second-order valence-electron chi connectivity index (χ2n) is 6.28. The van der Waals surface area contributed by atoms with E-state index in [1.807, 2.05) is 51.8 Å². The van der Waals surface area contributed by atoms with Crippen LogP contribution in [0, 0.1) is 0 Å². The van der Waals surface area contributed by atoms with Crippen molar-refractivity contribution in [2.24, 2.45) is 10.9 Å². The van der Waals surface area contributed by atoms with Crippen LogP contribution >= 0.6 is 0 Å². The van der Waals surface area contributed by atoms with Gasteiger partial charge in [-0.2, -0.15) is 0 Å². The smallest absolute Gasteiger partial charge is 0.320 e. The first-order valence-corrected chi connectivity index (χ1v) is 7.14. The monoisotopic (exact) mass is 307 g/mol. The number of hydrogen-bond acceptors (Lipinski definition) is 5. The maximum atomic E-state index is 11.9. The molecule has 0 heterocycles. The predicted octanol–water partition coefficient (Wildman–Crippen LogP) is 2.12. The number of hydrogen-bond donors (Lipinski definition) is 2. The molecule has 6 heteroatoms. The van der Waals surface area contributed by atoms with Crippen molar-refractivity contribution < 1.29 is 14.7 Å². The van der Waals surface area contributed by atoms with Crippen molar-refractivity contribution in [2.75, 3.05) is 13.6 Å². The van der Waals surface area contributed by atoms with E-state index in [1.165, 1.54) is 0 Å². The van der Waals surface area contributed by atoms with E-state index in [1.54, 1.807) is 12.1 Å².